The summed E-state index contributed by atoms with van der Waals surface area (Å²) >= 11 is 1.38. The number of rotatable bonds is 3. The Morgan fingerprint density at radius 2 is 2.25 bits per heavy atom. The van der Waals surface area contributed by atoms with Gasteiger partial charge >= 0.3 is 0 Å². The lowest BCUT2D eigenvalue weighted by atomic mass is 9.91. The molecule has 0 aromatic carbocycles. The second kappa shape index (κ2) is 5.44. The first-order valence-electron chi connectivity index (χ1n) is 6.39. The first-order valence-corrected chi connectivity index (χ1v) is 7.37. The van der Waals surface area contributed by atoms with Crippen molar-refractivity contribution in [2.75, 3.05) is 5.75 Å². The quantitative estimate of drug-likeness (QED) is 0.802. The lowest BCUT2D eigenvalue weighted by Crippen LogP contribution is -2.25. The van der Waals surface area contributed by atoms with Crippen LogP contribution < -0.4 is 0 Å². The summed E-state index contributed by atoms with van der Waals surface area (Å²) < 4.78 is 5.13. The lowest BCUT2D eigenvalue weighted by molar-refractivity contribution is -0.126. The van der Waals surface area contributed by atoms with E-state index < -0.39 is 5.41 Å². The van der Waals surface area contributed by atoms with E-state index in [1.54, 1.807) is 17.0 Å². The van der Waals surface area contributed by atoms with Crippen molar-refractivity contribution in [3.05, 3.63) is 28.6 Å². The van der Waals surface area contributed by atoms with Crippen molar-refractivity contribution in [1.29, 1.82) is 0 Å². The number of hydrogen-bond donors (Lipinski definition) is 0. The van der Waals surface area contributed by atoms with Crippen LogP contribution in [0.4, 0.5) is 0 Å². The van der Waals surface area contributed by atoms with Crippen molar-refractivity contribution in [2.24, 2.45) is 5.41 Å². The van der Waals surface area contributed by atoms with E-state index in [-0.39, 0.29) is 11.7 Å². The van der Waals surface area contributed by atoms with Gasteiger partial charge in [0.05, 0.1) is 23.0 Å². The van der Waals surface area contributed by atoms with Gasteiger partial charge in [-0.2, -0.15) is 0 Å². The molecule has 0 bridgehead atoms. The molecule has 1 aliphatic rings. The van der Waals surface area contributed by atoms with E-state index in [0.29, 0.717) is 23.1 Å². The standard InChI is InChI=1S/C14H18N2O3S/c1-9-5-10(19-15-9)7-16-12(18)8-20-13(16)6-11(17)14(2,3)4/h5-6H,7-8H2,1-4H3/b13-6-. The first-order chi connectivity index (χ1) is 9.27. The molecule has 0 atom stereocenters. The number of aryl methyl sites for hydroxylation is 1. The Labute approximate surface area is 122 Å². The van der Waals surface area contributed by atoms with Crippen molar-refractivity contribution in [2.45, 2.75) is 34.2 Å². The van der Waals surface area contributed by atoms with E-state index in [1.165, 1.54) is 11.8 Å². The third-order valence-electron chi connectivity index (χ3n) is 2.90. The van der Waals surface area contributed by atoms with Gasteiger partial charge in [0.1, 0.15) is 0 Å². The molecule has 5 nitrogen and oxygen atoms in total. The van der Waals surface area contributed by atoms with Crippen LogP contribution in [0, 0.1) is 12.3 Å². The minimum Gasteiger partial charge on any atom is -0.359 e. The summed E-state index contributed by atoms with van der Waals surface area (Å²) in [5.74, 6) is 0.967. The van der Waals surface area contributed by atoms with Gasteiger partial charge in [-0.3, -0.25) is 14.5 Å². The molecule has 0 spiro atoms. The molecule has 1 aromatic rings. The van der Waals surface area contributed by atoms with E-state index in [2.05, 4.69) is 5.16 Å². The topological polar surface area (TPSA) is 63.4 Å². The highest BCUT2D eigenvalue weighted by Crippen LogP contribution is 2.31. The Morgan fingerprint density at radius 1 is 1.55 bits per heavy atom. The number of ketones is 1. The van der Waals surface area contributed by atoms with E-state index >= 15 is 0 Å². The molecule has 1 fully saturated rings. The summed E-state index contributed by atoms with van der Waals surface area (Å²) in [6.45, 7) is 7.72. The monoisotopic (exact) mass is 294 g/mol. The van der Waals surface area contributed by atoms with Crippen LogP contribution >= 0.6 is 11.8 Å². The second-order valence-corrected chi connectivity index (χ2v) is 6.80. The molecular weight excluding hydrogens is 276 g/mol. The molecule has 0 unspecified atom stereocenters. The van der Waals surface area contributed by atoms with Gasteiger partial charge in [0.25, 0.3) is 0 Å². The minimum absolute atomic E-state index is 0.00782. The van der Waals surface area contributed by atoms with E-state index in [9.17, 15) is 9.59 Å². The Kier molecular flexibility index (Phi) is 4.04. The smallest absolute Gasteiger partial charge is 0.238 e. The maximum atomic E-state index is 12.1. The highest BCUT2D eigenvalue weighted by Gasteiger charge is 2.30. The molecule has 6 heteroatoms. The fourth-order valence-corrected chi connectivity index (χ4v) is 2.62. The van der Waals surface area contributed by atoms with Gasteiger partial charge in [-0.05, 0) is 6.92 Å². The van der Waals surface area contributed by atoms with Crippen molar-refractivity contribution in [3.8, 4) is 0 Å². The van der Waals surface area contributed by atoms with Gasteiger partial charge in [0.2, 0.25) is 5.91 Å². The number of carbonyl (C=O) groups excluding carboxylic acids is 2. The average Bonchev–Trinajstić information content (AvgIpc) is 2.88. The summed E-state index contributed by atoms with van der Waals surface area (Å²) in [6.07, 6.45) is 1.55. The van der Waals surface area contributed by atoms with Crippen LogP contribution in [-0.2, 0) is 16.1 Å². The van der Waals surface area contributed by atoms with Crippen LogP contribution in [0.5, 0.6) is 0 Å². The Hall–Kier alpha value is -1.56. The van der Waals surface area contributed by atoms with Crippen LogP contribution in [0.25, 0.3) is 0 Å². The zero-order valence-electron chi connectivity index (χ0n) is 12.1. The van der Waals surface area contributed by atoms with Crippen molar-refractivity contribution in [3.63, 3.8) is 0 Å². The fourth-order valence-electron chi connectivity index (χ4n) is 1.68. The van der Waals surface area contributed by atoms with E-state index in [4.69, 9.17) is 4.52 Å². The van der Waals surface area contributed by atoms with Gasteiger partial charge in [-0.15, -0.1) is 0 Å². The van der Waals surface area contributed by atoms with Crippen LogP contribution in [-0.4, -0.2) is 27.5 Å². The zero-order chi connectivity index (χ0) is 14.9. The van der Waals surface area contributed by atoms with Crippen molar-refractivity contribution >= 4 is 23.5 Å². The predicted molar refractivity (Wildman–Crippen MR) is 76.8 cm³/mol. The first kappa shape index (κ1) is 14.8. The van der Waals surface area contributed by atoms with Crippen LogP contribution in [0.1, 0.15) is 32.2 Å². The van der Waals surface area contributed by atoms with Crippen LogP contribution in [0.15, 0.2) is 21.7 Å². The molecule has 1 aliphatic heterocycles. The largest absolute Gasteiger partial charge is 0.359 e. The van der Waals surface area contributed by atoms with Gasteiger partial charge in [-0.25, -0.2) is 0 Å². The molecule has 2 rings (SSSR count). The third-order valence-corrected chi connectivity index (χ3v) is 3.92. The molecule has 1 saturated heterocycles. The Morgan fingerprint density at radius 3 is 2.80 bits per heavy atom. The summed E-state index contributed by atoms with van der Waals surface area (Å²) in [4.78, 5) is 25.6. The second-order valence-electron chi connectivity index (χ2n) is 5.80. The van der Waals surface area contributed by atoms with Gasteiger partial charge < -0.3 is 4.52 Å². The molecule has 0 saturated carbocycles. The number of nitrogens with zero attached hydrogens (tertiary/aromatic N) is 2. The highest BCUT2D eigenvalue weighted by atomic mass is 32.2. The highest BCUT2D eigenvalue weighted by molar-refractivity contribution is 8.04. The number of amides is 1. The predicted octanol–water partition coefficient (Wildman–Crippen LogP) is 2.52. The third kappa shape index (κ3) is 3.30. The molecule has 2 heterocycles. The van der Waals surface area contributed by atoms with Crippen molar-refractivity contribution in [1.82, 2.24) is 10.1 Å². The maximum absolute atomic E-state index is 12.1. The number of carbonyl (C=O) groups is 2. The molecule has 1 aromatic heterocycles. The van der Waals surface area contributed by atoms with Gasteiger partial charge in [0, 0.05) is 17.6 Å². The minimum atomic E-state index is -0.451. The maximum Gasteiger partial charge on any atom is 0.238 e. The van der Waals surface area contributed by atoms with E-state index in [1.807, 2.05) is 27.7 Å². The molecule has 0 N–H and O–H groups in total. The molecule has 0 aliphatic carbocycles. The average molecular weight is 294 g/mol. The summed E-state index contributed by atoms with van der Waals surface area (Å²) in [5.41, 5.74) is 0.323. The van der Waals surface area contributed by atoms with Crippen LogP contribution in [0.2, 0.25) is 0 Å². The SMILES string of the molecule is Cc1cc(CN2C(=O)CS/C2=C\C(=O)C(C)(C)C)on1. The molecule has 108 valence electrons. The molecule has 1 amide bonds. The molecular formula is C14H18N2O3S. The fraction of sp³-hybridized carbons (Fsp3) is 0.500. The Bertz CT molecular complexity index is 569. The van der Waals surface area contributed by atoms with Crippen LogP contribution in [0.3, 0.4) is 0 Å². The summed E-state index contributed by atoms with van der Waals surface area (Å²) in [6, 6.07) is 1.79. The summed E-state index contributed by atoms with van der Waals surface area (Å²) in [5, 5.41) is 4.49. The lowest BCUT2D eigenvalue weighted by Gasteiger charge is -2.18. The van der Waals surface area contributed by atoms with Crippen molar-refractivity contribution < 1.29 is 14.1 Å². The van der Waals surface area contributed by atoms with Gasteiger partial charge in [0.15, 0.2) is 11.5 Å². The van der Waals surface area contributed by atoms with E-state index in [0.717, 1.165) is 5.69 Å². The number of aromatic nitrogens is 1. The zero-order valence-corrected chi connectivity index (χ0v) is 12.9. The Balaban J connectivity index is 2.18. The van der Waals surface area contributed by atoms with Gasteiger partial charge in [-0.1, -0.05) is 37.7 Å². The number of thioether (sulfide) groups is 1. The normalized spacial score (nSPS) is 18.1. The number of hydrogen-bond acceptors (Lipinski definition) is 5. The molecule has 20 heavy (non-hydrogen) atoms. The molecule has 0 radical (unpaired) electrons. The summed E-state index contributed by atoms with van der Waals surface area (Å²) in [7, 11) is 0. The number of allylic oxidation sites excluding steroid dienone is 1.